The van der Waals surface area contributed by atoms with Gasteiger partial charge in [-0.1, -0.05) is 69.0 Å². The zero-order valence-corrected chi connectivity index (χ0v) is 12.6. The smallest absolute Gasteiger partial charge is 0.0930 e. The third-order valence-electron chi connectivity index (χ3n) is 2.77. The lowest BCUT2D eigenvalue weighted by molar-refractivity contribution is 0.0887. The fourth-order valence-electron chi connectivity index (χ4n) is 1.67. The molecule has 1 N–H and O–H groups in total. The predicted octanol–water partition coefficient (Wildman–Crippen LogP) is 4.57. The van der Waals surface area contributed by atoms with Gasteiger partial charge < -0.3 is 0 Å². The van der Waals surface area contributed by atoms with Crippen molar-refractivity contribution in [3.63, 3.8) is 0 Å². The number of hydrogen-bond acceptors (Lipinski definition) is 2. The summed E-state index contributed by atoms with van der Waals surface area (Å²) in [4.78, 5) is 5.21. The van der Waals surface area contributed by atoms with Crippen LogP contribution in [-0.4, -0.2) is 6.61 Å². The van der Waals surface area contributed by atoms with Crippen LogP contribution in [0.3, 0.4) is 0 Å². The van der Waals surface area contributed by atoms with E-state index >= 15 is 0 Å². The van der Waals surface area contributed by atoms with E-state index in [1.807, 2.05) is 32.1 Å². The first-order valence-corrected chi connectivity index (χ1v) is 6.88. The molecule has 0 radical (unpaired) electrons. The van der Waals surface area contributed by atoms with Crippen LogP contribution in [0.25, 0.3) is 5.57 Å². The molecule has 1 aliphatic heterocycles. The number of rotatable bonds is 1. The highest BCUT2D eigenvalue weighted by atomic mass is 16.6. The molecule has 106 valence electrons. The van der Waals surface area contributed by atoms with Gasteiger partial charge in [-0.15, -0.1) is 0 Å². The number of hydroxylamine groups is 1. The van der Waals surface area contributed by atoms with E-state index in [4.69, 9.17) is 4.84 Å². The van der Waals surface area contributed by atoms with E-state index in [0.717, 1.165) is 16.7 Å². The van der Waals surface area contributed by atoms with Crippen molar-refractivity contribution in [1.29, 1.82) is 0 Å². The highest BCUT2D eigenvalue weighted by molar-refractivity contribution is 5.77. The van der Waals surface area contributed by atoms with E-state index in [-0.39, 0.29) is 0 Å². The fourth-order valence-corrected chi connectivity index (χ4v) is 1.67. The molecule has 0 bridgehead atoms. The number of hydrogen-bond donors (Lipinski definition) is 1. The molecule has 0 aromatic heterocycles. The molecule has 2 rings (SSSR count). The van der Waals surface area contributed by atoms with Crippen LogP contribution < -0.4 is 5.48 Å². The topological polar surface area (TPSA) is 21.3 Å². The van der Waals surface area contributed by atoms with Crippen molar-refractivity contribution in [3.8, 4) is 0 Å². The van der Waals surface area contributed by atoms with E-state index in [2.05, 4.69) is 49.8 Å². The molecular weight excluding hydrogens is 246 g/mol. The second-order valence-corrected chi connectivity index (χ2v) is 4.28. The first-order chi connectivity index (χ1) is 9.66. The van der Waals surface area contributed by atoms with Crippen LogP contribution in [-0.2, 0) is 4.84 Å². The van der Waals surface area contributed by atoms with Crippen molar-refractivity contribution in [2.24, 2.45) is 0 Å². The third kappa shape index (κ3) is 4.56. The van der Waals surface area contributed by atoms with Crippen LogP contribution in [0.2, 0.25) is 0 Å². The average molecular weight is 269 g/mol. The molecule has 0 unspecified atom stereocenters. The minimum atomic E-state index is 0.496. The van der Waals surface area contributed by atoms with Crippen molar-refractivity contribution in [3.05, 3.63) is 78.0 Å². The van der Waals surface area contributed by atoms with Gasteiger partial charge in [0.2, 0.25) is 0 Å². The average Bonchev–Trinajstić information content (AvgIpc) is 2.55. The first kappa shape index (κ1) is 16.0. The first-order valence-electron chi connectivity index (χ1n) is 6.88. The molecule has 0 fully saturated rings. The van der Waals surface area contributed by atoms with Gasteiger partial charge in [-0.05, 0) is 29.7 Å². The third-order valence-corrected chi connectivity index (χ3v) is 2.77. The SMILES string of the molecule is C=C1/C=C(c2ccc(C)cc2)\C=C/CONC1=C.CC. The summed E-state index contributed by atoms with van der Waals surface area (Å²) in [5, 5.41) is 0. The molecule has 0 saturated heterocycles. The van der Waals surface area contributed by atoms with Crippen LogP contribution in [0.4, 0.5) is 0 Å². The van der Waals surface area contributed by atoms with E-state index in [1.165, 1.54) is 5.56 Å². The minimum Gasteiger partial charge on any atom is -0.272 e. The van der Waals surface area contributed by atoms with Gasteiger partial charge in [-0.2, -0.15) is 0 Å². The van der Waals surface area contributed by atoms with Gasteiger partial charge in [0.05, 0.1) is 12.3 Å². The monoisotopic (exact) mass is 269 g/mol. The molecule has 0 saturated carbocycles. The Labute approximate surface area is 122 Å². The van der Waals surface area contributed by atoms with Crippen LogP contribution >= 0.6 is 0 Å². The fraction of sp³-hybridized carbons (Fsp3) is 0.222. The Hall–Kier alpha value is -2.06. The molecule has 2 heteroatoms. The maximum Gasteiger partial charge on any atom is 0.0930 e. The summed E-state index contributed by atoms with van der Waals surface area (Å²) < 4.78 is 0. The van der Waals surface area contributed by atoms with E-state index in [0.29, 0.717) is 12.3 Å². The van der Waals surface area contributed by atoms with Gasteiger partial charge in [0, 0.05) is 0 Å². The number of benzene rings is 1. The summed E-state index contributed by atoms with van der Waals surface area (Å²) in [6.07, 6.45) is 6.01. The molecular formula is C18H23NO. The Kier molecular flexibility index (Phi) is 6.54. The van der Waals surface area contributed by atoms with Gasteiger partial charge in [0.1, 0.15) is 0 Å². The molecule has 1 aliphatic rings. The summed E-state index contributed by atoms with van der Waals surface area (Å²) in [5.74, 6) is 0. The second-order valence-electron chi connectivity index (χ2n) is 4.28. The molecule has 0 atom stereocenters. The molecule has 0 aliphatic carbocycles. The Morgan fingerprint density at radius 3 is 2.40 bits per heavy atom. The zero-order valence-electron chi connectivity index (χ0n) is 12.6. The van der Waals surface area contributed by atoms with Gasteiger partial charge in [0.25, 0.3) is 0 Å². The van der Waals surface area contributed by atoms with Crippen LogP contribution in [0, 0.1) is 6.92 Å². The maximum atomic E-state index is 5.21. The minimum absolute atomic E-state index is 0.496. The highest BCUT2D eigenvalue weighted by Gasteiger charge is 2.03. The van der Waals surface area contributed by atoms with Crippen LogP contribution in [0.15, 0.2) is 66.9 Å². The summed E-state index contributed by atoms with van der Waals surface area (Å²) in [6.45, 7) is 14.4. The quantitative estimate of drug-likeness (QED) is 0.806. The number of aryl methyl sites for hydroxylation is 1. The standard InChI is InChI=1S/C16H17NO.C2H6/c1-12-6-8-15(9-7-12)16-5-4-10-18-17-14(3)13(2)11-16;1-2/h4-9,11,17H,2-3,10H2,1H3;1-2H3/b5-4-,16-11+;. The van der Waals surface area contributed by atoms with Crippen molar-refractivity contribution < 1.29 is 4.84 Å². The lowest BCUT2D eigenvalue weighted by atomic mass is 10.0. The Morgan fingerprint density at radius 2 is 1.75 bits per heavy atom. The van der Waals surface area contributed by atoms with Crippen LogP contribution in [0.1, 0.15) is 25.0 Å². The summed E-state index contributed by atoms with van der Waals surface area (Å²) in [7, 11) is 0. The van der Waals surface area contributed by atoms with Crippen molar-refractivity contribution in [2.75, 3.05) is 6.61 Å². The number of allylic oxidation sites excluding steroid dienone is 3. The van der Waals surface area contributed by atoms with Gasteiger partial charge in [-0.25, -0.2) is 0 Å². The normalized spacial score (nSPS) is 19.2. The summed E-state index contributed by atoms with van der Waals surface area (Å²) in [6, 6.07) is 8.41. The summed E-state index contributed by atoms with van der Waals surface area (Å²) in [5.41, 5.74) is 7.78. The Morgan fingerprint density at radius 1 is 1.10 bits per heavy atom. The molecule has 1 heterocycles. The van der Waals surface area contributed by atoms with Gasteiger partial charge in [0.15, 0.2) is 0 Å². The second kappa shape index (κ2) is 8.18. The molecule has 1 aromatic rings. The Bertz CT molecular complexity index is 521. The van der Waals surface area contributed by atoms with E-state index < -0.39 is 0 Å². The van der Waals surface area contributed by atoms with Crippen molar-refractivity contribution in [2.45, 2.75) is 20.8 Å². The van der Waals surface area contributed by atoms with Crippen molar-refractivity contribution >= 4 is 5.57 Å². The maximum absolute atomic E-state index is 5.21. The molecule has 1 aromatic carbocycles. The van der Waals surface area contributed by atoms with Gasteiger partial charge in [-0.3, -0.25) is 10.3 Å². The van der Waals surface area contributed by atoms with Gasteiger partial charge >= 0.3 is 0 Å². The Balaban J connectivity index is 0.000000956. The molecule has 0 amide bonds. The molecule has 2 nitrogen and oxygen atoms in total. The zero-order chi connectivity index (χ0) is 15.0. The van der Waals surface area contributed by atoms with E-state index in [9.17, 15) is 0 Å². The number of nitrogens with one attached hydrogen (secondary N) is 1. The summed E-state index contributed by atoms with van der Waals surface area (Å²) >= 11 is 0. The van der Waals surface area contributed by atoms with Crippen LogP contribution in [0.5, 0.6) is 0 Å². The largest absolute Gasteiger partial charge is 0.272 e. The molecule has 0 spiro atoms. The van der Waals surface area contributed by atoms with Crippen molar-refractivity contribution in [1.82, 2.24) is 5.48 Å². The lowest BCUT2D eigenvalue weighted by Gasteiger charge is -2.08. The highest BCUT2D eigenvalue weighted by Crippen LogP contribution is 2.21. The predicted molar refractivity (Wildman–Crippen MR) is 87.0 cm³/mol. The lowest BCUT2D eigenvalue weighted by Crippen LogP contribution is -2.13. The van der Waals surface area contributed by atoms with E-state index in [1.54, 1.807) is 0 Å². The molecule has 20 heavy (non-hydrogen) atoms.